The molecule has 148 valence electrons. The Labute approximate surface area is 177 Å². The van der Waals surface area contributed by atoms with Crippen molar-refractivity contribution in [3.05, 3.63) is 48.0 Å². The Balaban J connectivity index is 0.00000364. The van der Waals surface area contributed by atoms with Gasteiger partial charge in [-0.05, 0) is 56.5 Å². The molecular weight excluding hydrogens is 457 g/mol. The molecule has 0 heterocycles. The number of hydrogen-bond donors (Lipinski definition) is 3. The van der Waals surface area contributed by atoms with E-state index in [9.17, 15) is 5.11 Å². The van der Waals surface area contributed by atoms with Crippen molar-refractivity contribution in [1.29, 1.82) is 0 Å². The van der Waals surface area contributed by atoms with Crippen LogP contribution in [-0.4, -0.2) is 30.8 Å². The van der Waals surface area contributed by atoms with Crippen LogP contribution in [0.5, 0.6) is 17.2 Å². The zero-order chi connectivity index (χ0) is 18.8. The Morgan fingerprint density at radius 2 is 1.78 bits per heavy atom. The van der Waals surface area contributed by atoms with Gasteiger partial charge in [-0.3, -0.25) is 4.99 Å². The lowest BCUT2D eigenvalue weighted by Gasteiger charge is -2.14. The van der Waals surface area contributed by atoms with Crippen LogP contribution in [0.25, 0.3) is 0 Å². The molecule has 4 N–H and O–H groups in total. The van der Waals surface area contributed by atoms with Crippen LogP contribution in [0.3, 0.4) is 0 Å². The number of rotatable bonds is 9. The topological polar surface area (TPSA) is 89.1 Å². The molecule has 27 heavy (non-hydrogen) atoms. The van der Waals surface area contributed by atoms with E-state index in [0.717, 1.165) is 29.8 Å². The summed E-state index contributed by atoms with van der Waals surface area (Å²) in [7, 11) is 0. The first-order valence-corrected chi connectivity index (χ1v) is 8.86. The van der Waals surface area contributed by atoms with Crippen LogP contribution in [0.15, 0.2) is 47.5 Å². The van der Waals surface area contributed by atoms with E-state index in [2.05, 4.69) is 10.3 Å². The Hall–Kier alpha value is -2.16. The van der Waals surface area contributed by atoms with E-state index in [1.807, 2.05) is 44.2 Å². The first kappa shape index (κ1) is 22.9. The quantitative estimate of drug-likeness (QED) is 0.215. The third kappa shape index (κ3) is 7.94. The molecular formula is C20H28IN3O3. The third-order valence-electron chi connectivity index (χ3n) is 3.67. The maximum absolute atomic E-state index is 9.29. The smallest absolute Gasteiger partial charge is 0.193 e. The number of ether oxygens (including phenoxy) is 2. The number of anilines is 1. The molecule has 2 aromatic rings. The number of nitrogens with zero attached hydrogens (tertiary/aromatic N) is 1. The standard InChI is InChI=1S/C20H27N3O3.HI/c1-3-25-17-11-12-19(26-4-2)18(14-17)23-20(21)22-13-5-6-15-7-9-16(24)10-8-15;/h7-12,14,24H,3-6,13H2,1-2H3,(H3,21,22,23);1H. The number of aryl methyl sites for hydroxylation is 1. The van der Waals surface area contributed by atoms with Crippen molar-refractivity contribution < 1.29 is 14.6 Å². The number of phenols is 1. The van der Waals surface area contributed by atoms with Crippen molar-refractivity contribution in [1.82, 2.24) is 0 Å². The summed E-state index contributed by atoms with van der Waals surface area (Å²) in [5.74, 6) is 2.07. The molecule has 0 radical (unpaired) electrons. The molecule has 0 amide bonds. The van der Waals surface area contributed by atoms with Crippen LogP contribution < -0.4 is 20.5 Å². The molecule has 0 bridgehead atoms. The van der Waals surface area contributed by atoms with Crippen LogP contribution >= 0.6 is 24.0 Å². The summed E-state index contributed by atoms with van der Waals surface area (Å²) < 4.78 is 11.1. The van der Waals surface area contributed by atoms with Crippen molar-refractivity contribution >= 4 is 35.6 Å². The van der Waals surface area contributed by atoms with E-state index < -0.39 is 0 Å². The van der Waals surface area contributed by atoms with Gasteiger partial charge >= 0.3 is 0 Å². The molecule has 0 saturated carbocycles. The fraction of sp³-hybridized carbons (Fsp3) is 0.350. The highest BCUT2D eigenvalue weighted by molar-refractivity contribution is 14.0. The minimum absolute atomic E-state index is 0. The molecule has 7 heteroatoms. The van der Waals surface area contributed by atoms with Gasteiger partial charge in [0.1, 0.15) is 17.2 Å². The molecule has 0 spiro atoms. The Bertz CT molecular complexity index is 721. The maximum atomic E-state index is 9.29. The highest BCUT2D eigenvalue weighted by atomic mass is 127. The molecule has 0 aromatic heterocycles. The van der Waals surface area contributed by atoms with Crippen molar-refractivity contribution in [2.75, 3.05) is 25.1 Å². The monoisotopic (exact) mass is 485 g/mol. The lowest BCUT2D eigenvalue weighted by atomic mass is 10.1. The highest BCUT2D eigenvalue weighted by Gasteiger charge is 2.07. The number of phenolic OH excluding ortho intramolecular Hbond substituents is 1. The Morgan fingerprint density at radius 3 is 2.44 bits per heavy atom. The van der Waals surface area contributed by atoms with Crippen LogP contribution in [-0.2, 0) is 6.42 Å². The van der Waals surface area contributed by atoms with Gasteiger partial charge in [0.05, 0.1) is 18.9 Å². The maximum Gasteiger partial charge on any atom is 0.193 e. The van der Waals surface area contributed by atoms with Crippen LogP contribution in [0.4, 0.5) is 5.69 Å². The molecule has 2 rings (SSSR count). The summed E-state index contributed by atoms with van der Waals surface area (Å²) in [5.41, 5.74) is 7.90. The fourth-order valence-corrected chi connectivity index (χ4v) is 2.47. The van der Waals surface area contributed by atoms with Gasteiger partial charge < -0.3 is 25.6 Å². The molecule has 0 aliphatic heterocycles. The largest absolute Gasteiger partial charge is 0.508 e. The van der Waals surface area contributed by atoms with E-state index in [1.165, 1.54) is 0 Å². The second-order valence-electron chi connectivity index (χ2n) is 5.69. The third-order valence-corrected chi connectivity index (χ3v) is 3.67. The van der Waals surface area contributed by atoms with Gasteiger partial charge in [0, 0.05) is 12.6 Å². The second kappa shape index (κ2) is 12.3. The molecule has 0 unspecified atom stereocenters. The van der Waals surface area contributed by atoms with Crippen LogP contribution in [0.2, 0.25) is 0 Å². The van der Waals surface area contributed by atoms with Crippen molar-refractivity contribution in [2.45, 2.75) is 26.7 Å². The van der Waals surface area contributed by atoms with Gasteiger partial charge in [-0.25, -0.2) is 0 Å². The number of nitrogens with one attached hydrogen (secondary N) is 1. The van der Waals surface area contributed by atoms with E-state index >= 15 is 0 Å². The minimum atomic E-state index is 0. The minimum Gasteiger partial charge on any atom is -0.508 e. The zero-order valence-corrected chi connectivity index (χ0v) is 18.1. The van der Waals surface area contributed by atoms with Crippen molar-refractivity contribution in [3.63, 3.8) is 0 Å². The average Bonchev–Trinajstić information content (AvgIpc) is 2.63. The number of benzene rings is 2. The van der Waals surface area contributed by atoms with Crippen molar-refractivity contribution in [3.8, 4) is 17.2 Å². The molecule has 2 aromatic carbocycles. The number of halogens is 1. The number of nitrogens with two attached hydrogens (primary N) is 1. The summed E-state index contributed by atoms with van der Waals surface area (Å²) in [6.45, 7) is 5.63. The van der Waals surface area contributed by atoms with Crippen molar-refractivity contribution in [2.24, 2.45) is 10.7 Å². The molecule has 0 saturated heterocycles. The summed E-state index contributed by atoms with van der Waals surface area (Å²) in [4.78, 5) is 4.37. The lowest BCUT2D eigenvalue weighted by Crippen LogP contribution is -2.23. The first-order chi connectivity index (χ1) is 12.6. The number of aliphatic imine (C=N–C) groups is 1. The Kier molecular flexibility index (Phi) is 10.4. The highest BCUT2D eigenvalue weighted by Crippen LogP contribution is 2.29. The number of guanidine groups is 1. The number of hydrogen-bond acceptors (Lipinski definition) is 4. The molecule has 0 atom stereocenters. The van der Waals surface area contributed by atoms with Gasteiger partial charge in [-0.2, -0.15) is 0 Å². The SMILES string of the molecule is CCOc1ccc(OCC)c(NC(N)=NCCCc2ccc(O)cc2)c1.I. The van der Waals surface area contributed by atoms with Gasteiger partial charge in [-0.1, -0.05) is 12.1 Å². The predicted octanol–water partition coefficient (Wildman–Crippen LogP) is 4.17. The van der Waals surface area contributed by atoms with Gasteiger partial charge in [-0.15, -0.1) is 24.0 Å². The summed E-state index contributed by atoms with van der Waals surface area (Å²) in [6.07, 6.45) is 1.74. The first-order valence-electron chi connectivity index (χ1n) is 8.86. The van der Waals surface area contributed by atoms with Gasteiger partial charge in [0.15, 0.2) is 5.96 Å². The average molecular weight is 485 g/mol. The summed E-state index contributed by atoms with van der Waals surface area (Å²) >= 11 is 0. The van der Waals surface area contributed by atoms with E-state index in [0.29, 0.717) is 31.5 Å². The summed E-state index contributed by atoms with van der Waals surface area (Å²) in [5, 5.41) is 12.4. The normalized spacial score (nSPS) is 10.8. The van der Waals surface area contributed by atoms with Crippen LogP contribution in [0, 0.1) is 0 Å². The van der Waals surface area contributed by atoms with E-state index in [-0.39, 0.29) is 29.7 Å². The van der Waals surface area contributed by atoms with Gasteiger partial charge in [0.25, 0.3) is 0 Å². The van der Waals surface area contributed by atoms with E-state index in [1.54, 1.807) is 12.1 Å². The van der Waals surface area contributed by atoms with Crippen LogP contribution in [0.1, 0.15) is 25.8 Å². The Morgan fingerprint density at radius 1 is 1.07 bits per heavy atom. The predicted molar refractivity (Wildman–Crippen MR) is 121 cm³/mol. The molecule has 0 fully saturated rings. The number of aromatic hydroxyl groups is 1. The molecule has 6 nitrogen and oxygen atoms in total. The second-order valence-corrected chi connectivity index (χ2v) is 5.69. The molecule has 0 aliphatic rings. The van der Waals surface area contributed by atoms with E-state index in [4.69, 9.17) is 15.2 Å². The zero-order valence-electron chi connectivity index (χ0n) is 15.8. The fourth-order valence-electron chi connectivity index (χ4n) is 2.47. The van der Waals surface area contributed by atoms with Gasteiger partial charge in [0.2, 0.25) is 0 Å². The molecule has 0 aliphatic carbocycles. The lowest BCUT2D eigenvalue weighted by molar-refractivity contribution is 0.332. The summed E-state index contributed by atoms with van der Waals surface area (Å²) in [6, 6.07) is 12.8.